The first-order valence-electron chi connectivity index (χ1n) is 9.67. The Bertz CT molecular complexity index is 896. The molecule has 1 saturated carbocycles. The number of piperidine rings is 1. The minimum absolute atomic E-state index is 0.0477. The van der Waals surface area contributed by atoms with Crippen LogP contribution in [0.2, 0.25) is 0 Å². The number of rotatable bonds is 3. The molecule has 0 radical (unpaired) electrons. The van der Waals surface area contributed by atoms with Crippen LogP contribution in [0.1, 0.15) is 32.1 Å². The summed E-state index contributed by atoms with van der Waals surface area (Å²) in [5.74, 6) is 0.166. The second-order valence-electron chi connectivity index (χ2n) is 8.25. The van der Waals surface area contributed by atoms with E-state index in [1.807, 2.05) is 12.1 Å². The Kier molecular flexibility index (Phi) is 3.67. The van der Waals surface area contributed by atoms with Crippen LogP contribution in [-0.4, -0.2) is 52.5 Å². The maximum atomic E-state index is 12.6. The van der Waals surface area contributed by atoms with Crippen molar-refractivity contribution in [2.75, 3.05) is 24.5 Å². The number of carbonyl (C=O) groups excluding carboxylic acids is 1. The fourth-order valence-corrected chi connectivity index (χ4v) is 4.76. The summed E-state index contributed by atoms with van der Waals surface area (Å²) in [6.07, 6.45) is 7.57. The first-order valence-corrected chi connectivity index (χ1v) is 9.67. The van der Waals surface area contributed by atoms with Crippen molar-refractivity contribution in [2.45, 2.75) is 38.1 Å². The first-order chi connectivity index (χ1) is 13.1. The van der Waals surface area contributed by atoms with E-state index in [0.29, 0.717) is 13.0 Å². The lowest BCUT2D eigenvalue weighted by Crippen LogP contribution is -2.43. The van der Waals surface area contributed by atoms with Gasteiger partial charge in [0, 0.05) is 31.7 Å². The van der Waals surface area contributed by atoms with E-state index in [9.17, 15) is 14.7 Å². The lowest BCUT2D eigenvalue weighted by Gasteiger charge is -2.39. The van der Waals surface area contributed by atoms with Crippen LogP contribution in [0.15, 0.2) is 29.0 Å². The maximum Gasteiger partial charge on any atom is 0.326 e. The summed E-state index contributed by atoms with van der Waals surface area (Å²) >= 11 is 0. The highest BCUT2D eigenvalue weighted by molar-refractivity contribution is 5.89. The second-order valence-corrected chi connectivity index (χ2v) is 8.25. The average Bonchev–Trinajstić information content (AvgIpc) is 3.29. The topological polar surface area (TPSA) is 86.9 Å². The highest BCUT2D eigenvalue weighted by Gasteiger charge is 2.51. The van der Waals surface area contributed by atoms with Crippen LogP contribution in [0.3, 0.4) is 0 Å². The fraction of sp³-hybridized carbons (Fsp3) is 0.550. The van der Waals surface area contributed by atoms with Gasteiger partial charge in [0.2, 0.25) is 5.91 Å². The Morgan fingerprint density at radius 1 is 1.22 bits per heavy atom. The van der Waals surface area contributed by atoms with E-state index in [4.69, 9.17) is 4.42 Å². The number of amides is 1. The van der Waals surface area contributed by atoms with Gasteiger partial charge in [-0.1, -0.05) is 0 Å². The molecule has 1 N–H and O–H groups in total. The smallest absolute Gasteiger partial charge is 0.326 e. The SMILES string of the molecule is O=C(O)C1CC2(CCN(c3nccc4occc34)CC2)CN1C(=O)C1CC1. The molecule has 4 heterocycles. The summed E-state index contributed by atoms with van der Waals surface area (Å²) in [6.45, 7) is 2.21. The number of carboxylic acids is 1. The Hall–Kier alpha value is -2.57. The van der Waals surface area contributed by atoms with Gasteiger partial charge >= 0.3 is 5.97 Å². The van der Waals surface area contributed by atoms with Gasteiger partial charge in [-0.3, -0.25) is 4.79 Å². The van der Waals surface area contributed by atoms with Gasteiger partial charge in [-0.2, -0.15) is 0 Å². The number of carbonyl (C=O) groups is 2. The number of furan rings is 1. The summed E-state index contributed by atoms with van der Waals surface area (Å²) in [5.41, 5.74) is 0.738. The molecule has 2 aromatic rings. The van der Waals surface area contributed by atoms with E-state index in [1.165, 1.54) is 0 Å². The number of carboxylic acid groups (broad SMARTS) is 1. The Morgan fingerprint density at radius 3 is 2.70 bits per heavy atom. The molecule has 7 nitrogen and oxygen atoms in total. The van der Waals surface area contributed by atoms with Gasteiger partial charge in [0.15, 0.2) is 0 Å². The number of nitrogens with zero attached hydrogens (tertiary/aromatic N) is 3. The summed E-state index contributed by atoms with van der Waals surface area (Å²) in [7, 11) is 0. The van der Waals surface area contributed by atoms with Crippen LogP contribution in [0.5, 0.6) is 0 Å². The van der Waals surface area contributed by atoms with Crippen LogP contribution in [-0.2, 0) is 9.59 Å². The average molecular weight is 369 g/mol. The molecule has 0 aromatic carbocycles. The zero-order chi connectivity index (χ0) is 18.6. The number of pyridine rings is 1. The molecule has 2 saturated heterocycles. The molecule has 1 unspecified atom stereocenters. The minimum atomic E-state index is -0.867. The predicted molar refractivity (Wildman–Crippen MR) is 98.4 cm³/mol. The van der Waals surface area contributed by atoms with Gasteiger partial charge in [0.05, 0.1) is 11.6 Å². The standard InChI is InChI=1S/C20H23N3O4/c24-18(13-1-2-13)23-12-20(11-15(23)19(25)26)5-8-22(9-6-20)17-14-4-10-27-16(14)3-7-21-17/h3-4,7,10,13,15H,1-2,5-6,8-9,11-12H2,(H,25,26). The third-order valence-electron chi connectivity index (χ3n) is 6.49. The normalized spacial score (nSPS) is 24.7. The fourth-order valence-electron chi connectivity index (χ4n) is 4.76. The molecular formula is C20H23N3O4. The van der Waals surface area contributed by atoms with Crippen molar-refractivity contribution >= 4 is 28.7 Å². The van der Waals surface area contributed by atoms with E-state index >= 15 is 0 Å². The lowest BCUT2D eigenvalue weighted by atomic mass is 9.76. The summed E-state index contributed by atoms with van der Waals surface area (Å²) in [6, 6.07) is 3.13. The van der Waals surface area contributed by atoms with Crippen molar-refractivity contribution in [2.24, 2.45) is 11.3 Å². The highest BCUT2D eigenvalue weighted by atomic mass is 16.4. The minimum Gasteiger partial charge on any atom is -0.480 e. The molecule has 142 valence electrons. The van der Waals surface area contributed by atoms with Gasteiger partial charge in [-0.05, 0) is 49.7 Å². The van der Waals surface area contributed by atoms with Crippen LogP contribution in [0.25, 0.3) is 11.0 Å². The Labute approximate surface area is 156 Å². The van der Waals surface area contributed by atoms with Gasteiger partial charge in [0.1, 0.15) is 17.4 Å². The quantitative estimate of drug-likeness (QED) is 0.895. The van der Waals surface area contributed by atoms with E-state index in [2.05, 4.69) is 9.88 Å². The number of fused-ring (bicyclic) bond motifs is 1. The van der Waals surface area contributed by atoms with Crippen molar-refractivity contribution in [3.05, 3.63) is 24.6 Å². The van der Waals surface area contributed by atoms with E-state index < -0.39 is 12.0 Å². The van der Waals surface area contributed by atoms with Crippen molar-refractivity contribution in [3.63, 3.8) is 0 Å². The van der Waals surface area contributed by atoms with E-state index in [-0.39, 0.29) is 17.2 Å². The molecule has 1 aliphatic carbocycles. The summed E-state index contributed by atoms with van der Waals surface area (Å²) in [4.78, 5) is 32.8. The molecule has 3 fully saturated rings. The van der Waals surface area contributed by atoms with Crippen LogP contribution >= 0.6 is 0 Å². The number of hydrogen-bond acceptors (Lipinski definition) is 5. The largest absolute Gasteiger partial charge is 0.480 e. The van der Waals surface area contributed by atoms with Crippen molar-refractivity contribution < 1.29 is 19.1 Å². The molecule has 27 heavy (non-hydrogen) atoms. The third kappa shape index (κ3) is 2.76. The van der Waals surface area contributed by atoms with Crippen LogP contribution in [0.4, 0.5) is 5.82 Å². The van der Waals surface area contributed by atoms with Crippen LogP contribution in [0, 0.1) is 11.3 Å². The van der Waals surface area contributed by atoms with Gasteiger partial charge < -0.3 is 19.3 Å². The van der Waals surface area contributed by atoms with Gasteiger partial charge in [-0.15, -0.1) is 0 Å². The first kappa shape index (κ1) is 16.6. The lowest BCUT2D eigenvalue weighted by molar-refractivity contribution is -0.148. The predicted octanol–water partition coefficient (Wildman–Crippen LogP) is 2.51. The molecule has 1 spiro atoms. The van der Waals surface area contributed by atoms with E-state index in [0.717, 1.165) is 55.6 Å². The van der Waals surface area contributed by atoms with Crippen LogP contribution < -0.4 is 4.90 Å². The zero-order valence-corrected chi connectivity index (χ0v) is 15.1. The summed E-state index contributed by atoms with van der Waals surface area (Å²) in [5, 5.41) is 10.7. The molecule has 2 aliphatic heterocycles. The number of likely N-dealkylation sites (tertiary alicyclic amines) is 1. The molecule has 1 atom stereocenters. The molecule has 5 rings (SSSR count). The number of hydrogen-bond donors (Lipinski definition) is 1. The van der Waals surface area contributed by atoms with Crippen molar-refractivity contribution in [1.82, 2.24) is 9.88 Å². The monoisotopic (exact) mass is 369 g/mol. The van der Waals surface area contributed by atoms with E-state index in [1.54, 1.807) is 17.4 Å². The third-order valence-corrected chi connectivity index (χ3v) is 6.49. The van der Waals surface area contributed by atoms with Crippen molar-refractivity contribution in [1.29, 1.82) is 0 Å². The molecule has 2 aromatic heterocycles. The van der Waals surface area contributed by atoms with Gasteiger partial charge in [-0.25, -0.2) is 9.78 Å². The molecule has 1 amide bonds. The Morgan fingerprint density at radius 2 is 2.00 bits per heavy atom. The molecule has 0 bridgehead atoms. The number of anilines is 1. The molecular weight excluding hydrogens is 346 g/mol. The maximum absolute atomic E-state index is 12.6. The Balaban J connectivity index is 1.34. The summed E-state index contributed by atoms with van der Waals surface area (Å²) < 4.78 is 5.48. The number of aromatic nitrogens is 1. The number of aliphatic carboxylic acids is 1. The zero-order valence-electron chi connectivity index (χ0n) is 15.1. The second kappa shape index (κ2) is 5.97. The highest BCUT2D eigenvalue weighted by Crippen LogP contribution is 2.46. The van der Waals surface area contributed by atoms with Gasteiger partial charge in [0.25, 0.3) is 0 Å². The van der Waals surface area contributed by atoms with Crippen molar-refractivity contribution in [3.8, 4) is 0 Å². The molecule has 7 heteroatoms. The molecule has 3 aliphatic rings.